The lowest BCUT2D eigenvalue weighted by molar-refractivity contribution is -0.123. The largest absolute Gasteiger partial charge is 0.497 e. The lowest BCUT2D eigenvalue weighted by Crippen LogP contribution is -2.47. The number of methoxy groups -OCH3 is 1. The summed E-state index contributed by atoms with van der Waals surface area (Å²) < 4.78 is 5.29. The van der Waals surface area contributed by atoms with E-state index in [0.717, 1.165) is 25.7 Å². The van der Waals surface area contributed by atoms with Crippen molar-refractivity contribution in [2.24, 2.45) is 0 Å². The van der Waals surface area contributed by atoms with Crippen molar-refractivity contribution in [2.75, 3.05) is 12.0 Å². The van der Waals surface area contributed by atoms with E-state index in [-0.39, 0.29) is 17.6 Å². The first-order valence-corrected chi connectivity index (χ1v) is 11.3. The molecule has 3 aromatic rings. The first-order valence-electron chi connectivity index (χ1n) is 11.3. The topological polar surface area (TPSA) is 84.4 Å². The molecule has 0 radical (unpaired) electrons. The van der Waals surface area contributed by atoms with Crippen LogP contribution in [0.2, 0.25) is 0 Å². The second kappa shape index (κ2) is 10.7. The van der Waals surface area contributed by atoms with E-state index in [2.05, 4.69) is 15.3 Å². The number of ether oxygens (including phenoxy) is 1. The van der Waals surface area contributed by atoms with Gasteiger partial charge in [-0.25, -0.2) is 4.98 Å². The SMILES string of the molecule is COc1ccc(C(C(=O)NC2CCCCC2)N(C(=O)c2cnccn2)c2ccccc2)cc1. The van der Waals surface area contributed by atoms with Crippen LogP contribution < -0.4 is 15.0 Å². The summed E-state index contributed by atoms with van der Waals surface area (Å²) in [5.41, 5.74) is 1.46. The van der Waals surface area contributed by atoms with Gasteiger partial charge in [-0.15, -0.1) is 0 Å². The predicted octanol–water partition coefficient (Wildman–Crippen LogP) is 4.32. The highest BCUT2D eigenvalue weighted by molar-refractivity contribution is 6.09. The smallest absolute Gasteiger partial charge is 0.279 e. The minimum Gasteiger partial charge on any atom is -0.497 e. The average molecular weight is 445 g/mol. The van der Waals surface area contributed by atoms with Gasteiger partial charge >= 0.3 is 0 Å². The molecule has 170 valence electrons. The van der Waals surface area contributed by atoms with E-state index < -0.39 is 11.9 Å². The molecule has 1 atom stereocenters. The van der Waals surface area contributed by atoms with Crippen molar-refractivity contribution in [1.29, 1.82) is 0 Å². The maximum atomic E-state index is 13.7. The molecule has 0 spiro atoms. The van der Waals surface area contributed by atoms with Crippen LogP contribution in [-0.4, -0.2) is 34.9 Å². The molecule has 1 aromatic heterocycles. The number of benzene rings is 2. The zero-order chi connectivity index (χ0) is 23.0. The molecular weight excluding hydrogens is 416 g/mol. The number of carbonyl (C=O) groups excluding carboxylic acids is 2. The molecule has 1 heterocycles. The van der Waals surface area contributed by atoms with Crippen molar-refractivity contribution in [1.82, 2.24) is 15.3 Å². The summed E-state index contributed by atoms with van der Waals surface area (Å²) >= 11 is 0. The van der Waals surface area contributed by atoms with E-state index in [1.807, 2.05) is 42.5 Å². The summed E-state index contributed by atoms with van der Waals surface area (Å²) in [4.78, 5) is 37.2. The Morgan fingerprint density at radius 1 is 1.00 bits per heavy atom. The molecule has 2 amide bonds. The molecule has 7 nitrogen and oxygen atoms in total. The molecule has 1 aliphatic rings. The molecule has 1 saturated carbocycles. The number of nitrogens with one attached hydrogen (secondary N) is 1. The lowest BCUT2D eigenvalue weighted by atomic mass is 9.94. The molecule has 0 saturated heterocycles. The number of carbonyl (C=O) groups is 2. The van der Waals surface area contributed by atoms with Crippen molar-refractivity contribution in [3.63, 3.8) is 0 Å². The number of nitrogens with zero attached hydrogens (tertiary/aromatic N) is 3. The molecule has 7 heteroatoms. The molecule has 1 aliphatic carbocycles. The van der Waals surface area contributed by atoms with E-state index in [1.54, 1.807) is 19.2 Å². The van der Waals surface area contributed by atoms with Gasteiger partial charge in [0.05, 0.1) is 13.3 Å². The van der Waals surface area contributed by atoms with Gasteiger partial charge in [0.2, 0.25) is 5.91 Å². The highest BCUT2D eigenvalue weighted by Gasteiger charge is 2.35. The van der Waals surface area contributed by atoms with Gasteiger partial charge in [0, 0.05) is 24.1 Å². The number of hydrogen-bond acceptors (Lipinski definition) is 5. The third kappa shape index (κ3) is 5.37. The quantitative estimate of drug-likeness (QED) is 0.587. The standard InChI is InChI=1S/C26H28N4O3/c1-33-22-14-12-19(13-15-22)24(25(31)29-20-8-4-2-5-9-20)30(21-10-6-3-7-11-21)26(32)23-18-27-16-17-28-23/h3,6-7,10-18,20,24H,2,4-5,8-9H2,1H3,(H,29,31). The normalized spacial score (nSPS) is 14.8. The van der Waals surface area contributed by atoms with Crippen molar-refractivity contribution in [3.8, 4) is 5.75 Å². The summed E-state index contributed by atoms with van der Waals surface area (Å²) in [6, 6.07) is 15.7. The minimum atomic E-state index is -0.880. The summed E-state index contributed by atoms with van der Waals surface area (Å²) in [5.74, 6) is 0.0683. The lowest BCUT2D eigenvalue weighted by Gasteiger charge is -2.33. The number of rotatable bonds is 7. The number of anilines is 1. The fourth-order valence-electron chi connectivity index (χ4n) is 4.24. The van der Waals surface area contributed by atoms with Gasteiger partial charge in [0.15, 0.2) is 0 Å². The Bertz CT molecular complexity index is 1050. The highest BCUT2D eigenvalue weighted by Crippen LogP contribution is 2.31. The molecule has 1 N–H and O–H groups in total. The minimum absolute atomic E-state index is 0.108. The Labute approximate surface area is 193 Å². The molecule has 33 heavy (non-hydrogen) atoms. The molecule has 0 bridgehead atoms. The second-order valence-corrected chi connectivity index (χ2v) is 8.12. The Hall–Kier alpha value is -3.74. The number of hydrogen-bond donors (Lipinski definition) is 1. The zero-order valence-corrected chi connectivity index (χ0v) is 18.7. The van der Waals surface area contributed by atoms with Crippen molar-refractivity contribution in [3.05, 3.63) is 84.4 Å². The second-order valence-electron chi connectivity index (χ2n) is 8.12. The monoisotopic (exact) mass is 444 g/mol. The van der Waals surface area contributed by atoms with Crippen molar-refractivity contribution >= 4 is 17.5 Å². The summed E-state index contributed by atoms with van der Waals surface area (Å²) in [6.45, 7) is 0. The van der Waals surface area contributed by atoms with Gasteiger partial charge in [0.1, 0.15) is 17.5 Å². The Balaban J connectivity index is 1.77. The predicted molar refractivity (Wildman–Crippen MR) is 126 cm³/mol. The third-order valence-corrected chi connectivity index (χ3v) is 5.93. The van der Waals surface area contributed by atoms with E-state index in [0.29, 0.717) is 17.0 Å². The van der Waals surface area contributed by atoms with Crippen LogP contribution in [0, 0.1) is 0 Å². The van der Waals surface area contributed by atoms with Crippen LogP contribution in [0.4, 0.5) is 5.69 Å². The number of para-hydroxylation sites is 1. The highest BCUT2D eigenvalue weighted by atomic mass is 16.5. The zero-order valence-electron chi connectivity index (χ0n) is 18.7. The third-order valence-electron chi connectivity index (χ3n) is 5.93. The van der Waals surface area contributed by atoms with Crippen LogP contribution in [0.5, 0.6) is 5.75 Å². The van der Waals surface area contributed by atoms with Gasteiger partial charge in [-0.3, -0.25) is 19.5 Å². The maximum Gasteiger partial charge on any atom is 0.279 e. The molecule has 1 fully saturated rings. The summed E-state index contributed by atoms with van der Waals surface area (Å²) in [6.07, 6.45) is 9.69. The summed E-state index contributed by atoms with van der Waals surface area (Å²) in [7, 11) is 1.59. The van der Waals surface area contributed by atoms with Crippen LogP contribution in [0.15, 0.2) is 73.2 Å². The molecule has 1 unspecified atom stereocenters. The Kier molecular flexibility index (Phi) is 7.29. The van der Waals surface area contributed by atoms with Crippen LogP contribution in [-0.2, 0) is 4.79 Å². The molecular formula is C26H28N4O3. The van der Waals surface area contributed by atoms with Crippen LogP contribution in [0.1, 0.15) is 54.2 Å². The van der Waals surface area contributed by atoms with Crippen molar-refractivity contribution in [2.45, 2.75) is 44.2 Å². The van der Waals surface area contributed by atoms with Gasteiger partial charge in [-0.2, -0.15) is 0 Å². The number of amides is 2. The van der Waals surface area contributed by atoms with Gasteiger partial charge in [-0.1, -0.05) is 49.6 Å². The Morgan fingerprint density at radius 3 is 2.36 bits per heavy atom. The fourth-order valence-corrected chi connectivity index (χ4v) is 4.24. The van der Waals surface area contributed by atoms with E-state index in [1.165, 1.54) is 29.9 Å². The van der Waals surface area contributed by atoms with Crippen LogP contribution >= 0.6 is 0 Å². The number of aromatic nitrogens is 2. The van der Waals surface area contributed by atoms with E-state index in [4.69, 9.17) is 4.74 Å². The molecule has 2 aromatic carbocycles. The first-order chi connectivity index (χ1) is 16.2. The maximum absolute atomic E-state index is 13.7. The van der Waals surface area contributed by atoms with E-state index in [9.17, 15) is 9.59 Å². The average Bonchev–Trinajstić information content (AvgIpc) is 2.88. The Morgan fingerprint density at radius 2 is 1.73 bits per heavy atom. The first kappa shape index (κ1) is 22.5. The fraction of sp³-hybridized carbons (Fsp3) is 0.308. The van der Waals surface area contributed by atoms with E-state index >= 15 is 0 Å². The van der Waals surface area contributed by atoms with Gasteiger partial charge in [-0.05, 0) is 42.7 Å². The molecule has 0 aliphatic heterocycles. The van der Waals surface area contributed by atoms with Crippen LogP contribution in [0.3, 0.4) is 0 Å². The van der Waals surface area contributed by atoms with Gasteiger partial charge in [0.25, 0.3) is 5.91 Å². The van der Waals surface area contributed by atoms with Crippen LogP contribution in [0.25, 0.3) is 0 Å². The van der Waals surface area contributed by atoms with Crippen molar-refractivity contribution < 1.29 is 14.3 Å². The summed E-state index contributed by atoms with van der Waals surface area (Å²) in [5, 5.41) is 3.20. The molecule has 4 rings (SSSR count). The van der Waals surface area contributed by atoms with Gasteiger partial charge < -0.3 is 10.1 Å².